The molecule has 0 saturated heterocycles. The van der Waals surface area contributed by atoms with E-state index in [0.717, 1.165) is 30.3 Å². The van der Waals surface area contributed by atoms with Crippen molar-refractivity contribution < 1.29 is 0 Å². The first kappa shape index (κ1) is 11.0. The van der Waals surface area contributed by atoms with Gasteiger partial charge < -0.3 is 4.90 Å². The molecule has 0 N–H and O–H groups in total. The van der Waals surface area contributed by atoms with Crippen LogP contribution in [0, 0.1) is 6.92 Å². The van der Waals surface area contributed by atoms with Crippen molar-refractivity contribution in [2.24, 2.45) is 0 Å². The molecule has 0 bridgehead atoms. The van der Waals surface area contributed by atoms with Crippen molar-refractivity contribution in [3.8, 4) is 11.3 Å². The van der Waals surface area contributed by atoms with E-state index in [1.54, 1.807) is 17.0 Å². The van der Waals surface area contributed by atoms with Crippen LogP contribution in [0.3, 0.4) is 0 Å². The van der Waals surface area contributed by atoms with Gasteiger partial charge in [0, 0.05) is 43.7 Å². The van der Waals surface area contributed by atoms with Gasteiger partial charge in [0.2, 0.25) is 5.95 Å². The molecular weight excluding hydrogens is 228 g/mol. The van der Waals surface area contributed by atoms with Crippen LogP contribution in [0.15, 0.2) is 29.3 Å². The summed E-state index contributed by atoms with van der Waals surface area (Å²) in [5, 5.41) is 0. The average Bonchev–Trinajstić information content (AvgIpc) is 2.77. The van der Waals surface area contributed by atoms with Gasteiger partial charge in [-0.15, -0.1) is 0 Å². The maximum atomic E-state index is 12.3. The highest BCUT2D eigenvalue weighted by molar-refractivity contribution is 5.63. The minimum atomic E-state index is 0.0520. The molecule has 92 valence electrons. The van der Waals surface area contributed by atoms with Crippen molar-refractivity contribution in [2.45, 2.75) is 13.5 Å². The molecule has 0 fully saturated rings. The van der Waals surface area contributed by atoms with Crippen molar-refractivity contribution in [1.29, 1.82) is 0 Å². The van der Waals surface area contributed by atoms with Crippen molar-refractivity contribution in [3.05, 3.63) is 40.4 Å². The predicted molar refractivity (Wildman–Crippen MR) is 69.7 cm³/mol. The van der Waals surface area contributed by atoms with E-state index in [0.29, 0.717) is 5.56 Å². The largest absolute Gasteiger partial charge is 0.343 e. The average molecular weight is 242 g/mol. The number of likely N-dealkylation sites (N-methyl/N-ethyl adjacent to an activating group) is 1. The topological polar surface area (TPSA) is 51.0 Å². The first-order valence-corrected chi connectivity index (χ1v) is 5.91. The summed E-state index contributed by atoms with van der Waals surface area (Å²) in [4.78, 5) is 22.9. The van der Waals surface area contributed by atoms with Gasteiger partial charge in [-0.1, -0.05) is 0 Å². The monoisotopic (exact) mass is 242 g/mol. The van der Waals surface area contributed by atoms with Gasteiger partial charge in [-0.3, -0.25) is 14.3 Å². The van der Waals surface area contributed by atoms with Crippen molar-refractivity contribution in [1.82, 2.24) is 14.5 Å². The highest BCUT2D eigenvalue weighted by Gasteiger charge is 2.21. The number of hydrogen-bond acceptors (Lipinski definition) is 4. The van der Waals surface area contributed by atoms with Crippen molar-refractivity contribution in [3.63, 3.8) is 0 Å². The number of nitrogens with zero attached hydrogens (tertiary/aromatic N) is 4. The van der Waals surface area contributed by atoms with Gasteiger partial charge in [0.1, 0.15) is 0 Å². The molecule has 2 aromatic heterocycles. The maximum absolute atomic E-state index is 12.3. The lowest BCUT2D eigenvalue weighted by atomic mass is 10.1. The zero-order valence-electron chi connectivity index (χ0n) is 10.4. The summed E-state index contributed by atoms with van der Waals surface area (Å²) in [6, 6.07) is 3.75. The predicted octanol–water partition coefficient (Wildman–Crippen LogP) is 1.06. The molecule has 1 aliphatic rings. The highest BCUT2D eigenvalue weighted by atomic mass is 16.1. The molecule has 0 aromatic carbocycles. The normalized spacial score (nSPS) is 13.8. The molecule has 0 spiro atoms. The van der Waals surface area contributed by atoms with Crippen LogP contribution >= 0.6 is 0 Å². The summed E-state index contributed by atoms with van der Waals surface area (Å²) < 4.78 is 1.74. The Labute approximate surface area is 105 Å². The molecule has 0 atom stereocenters. The lowest BCUT2D eigenvalue weighted by Gasteiger charge is -2.13. The third-order valence-corrected chi connectivity index (χ3v) is 3.33. The summed E-state index contributed by atoms with van der Waals surface area (Å²) in [5.41, 5.74) is 2.43. The minimum Gasteiger partial charge on any atom is -0.343 e. The SMILES string of the molecule is Cc1c(-c2ccncc2)nc2n(c1=O)CCN2C. The first-order valence-electron chi connectivity index (χ1n) is 5.91. The second-order valence-electron chi connectivity index (χ2n) is 4.50. The van der Waals surface area contributed by atoms with Gasteiger partial charge in [0.25, 0.3) is 5.56 Å². The molecule has 18 heavy (non-hydrogen) atoms. The second-order valence-corrected chi connectivity index (χ2v) is 4.50. The smallest absolute Gasteiger partial charge is 0.258 e. The van der Waals surface area contributed by atoms with E-state index in [9.17, 15) is 4.79 Å². The van der Waals surface area contributed by atoms with Crippen LogP contribution in [0.25, 0.3) is 11.3 Å². The lowest BCUT2D eigenvalue weighted by Crippen LogP contribution is -2.23. The summed E-state index contributed by atoms with van der Waals surface area (Å²) >= 11 is 0. The molecular formula is C13H14N4O. The van der Waals surface area contributed by atoms with Crippen LogP contribution in [0.2, 0.25) is 0 Å². The van der Waals surface area contributed by atoms with E-state index in [2.05, 4.69) is 9.97 Å². The molecule has 3 heterocycles. The number of hydrogen-bond donors (Lipinski definition) is 0. The molecule has 3 rings (SSSR count). The van der Waals surface area contributed by atoms with E-state index in [1.165, 1.54) is 0 Å². The van der Waals surface area contributed by atoms with Gasteiger partial charge in [-0.2, -0.15) is 0 Å². The standard InChI is InChI=1S/C13H14N4O/c1-9-11(10-3-5-14-6-4-10)15-13-16(2)7-8-17(13)12(9)18/h3-6H,7-8H2,1-2H3. The molecule has 0 amide bonds. The second kappa shape index (κ2) is 3.94. The molecule has 2 aromatic rings. The number of fused-ring (bicyclic) bond motifs is 1. The number of pyridine rings is 1. The zero-order valence-corrected chi connectivity index (χ0v) is 10.4. The Morgan fingerprint density at radius 2 is 1.94 bits per heavy atom. The Morgan fingerprint density at radius 3 is 2.67 bits per heavy atom. The molecule has 5 heteroatoms. The Kier molecular flexibility index (Phi) is 2.40. The molecule has 0 saturated carbocycles. The molecule has 1 aliphatic heterocycles. The fourth-order valence-electron chi connectivity index (χ4n) is 2.27. The number of anilines is 1. The molecule has 0 unspecified atom stereocenters. The molecule has 0 aliphatic carbocycles. The quantitative estimate of drug-likeness (QED) is 0.750. The van der Waals surface area contributed by atoms with Crippen LogP contribution in [0.1, 0.15) is 5.56 Å². The van der Waals surface area contributed by atoms with Crippen LogP contribution < -0.4 is 10.5 Å². The van der Waals surface area contributed by atoms with Crippen LogP contribution in [0.5, 0.6) is 0 Å². The summed E-state index contributed by atoms with van der Waals surface area (Å²) in [6.45, 7) is 3.38. The fraction of sp³-hybridized carbons (Fsp3) is 0.308. The fourth-order valence-corrected chi connectivity index (χ4v) is 2.27. The van der Waals surface area contributed by atoms with Crippen LogP contribution in [-0.4, -0.2) is 28.1 Å². The van der Waals surface area contributed by atoms with E-state index in [4.69, 9.17) is 0 Å². The highest BCUT2D eigenvalue weighted by Crippen LogP contribution is 2.23. The molecule has 5 nitrogen and oxygen atoms in total. The van der Waals surface area contributed by atoms with E-state index >= 15 is 0 Å². The van der Waals surface area contributed by atoms with Crippen LogP contribution in [0.4, 0.5) is 5.95 Å². The number of aromatic nitrogens is 3. The Balaban J connectivity index is 2.27. The minimum absolute atomic E-state index is 0.0520. The lowest BCUT2D eigenvalue weighted by molar-refractivity contribution is 0.751. The zero-order chi connectivity index (χ0) is 12.7. The van der Waals surface area contributed by atoms with E-state index in [1.807, 2.05) is 31.0 Å². The van der Waals surface area contributed by atoms with E-state index in [-0.39, 0.29) is 5.56 Å². The van der Waals surface area contributed by atoms with Gasteiger partial charge in [-0.05, 0) is 19.1 Å². The van der Waals surface area contributed by atoms with Gasteiger partial charge in [0.15, 0.2) is 0 Å². The first-order chi connectivity index (χ1) is 8.68. The van der Waals surface area contributed by atoms with Crippen LogP contribution in [-0.2, 0) is 6.54 Å². The summed E-state index contributed by atoms with van der Waals surface area (Å²) in [6.07, 6.45) is 3.43. The summed E-state index contributed by atoms with van der Waals surface area (Å²) in [7, 11) is 1.96. The maximum Gasteiger partial charge on any atom is 0.258 e. The molecule has 0 radical (unpaired) electrons. The van der Waals surface area contributed by atoms with Gasteiger partial charge in [0.05, 0.1) is 5.69 Å². The van der Waals surface area contributed by atoms with Crippen molar-refractivity contribution >= 4 is 5.95 Å². The Hall–Kier alpha value is -2.17. The Bertz CT molecular complexity index is 648. The number of rotatable bonds is 1. The van der Waals surface area contributed by atoms with Gasteiger partial charge in [-0.25, -0.2) is 4.98 Å². The third-order valence-electron chi connectivity index (χ3n) is 3.33. The Morgan fingerprint density at radius 1 is 1.22 bits per heavy atom. The van der Waals surface area contributed by atoms with Crippen molar-refractivity contribution in [2.75, 3.05) is 18.5 Å². The summed E-state index contributed by atoms with van der Waals surface area (Å²) in [5.74, 6) is 0.748. The van der Waals surface area contributed by atoms with Gasteiger partial charge >= 0.3 is 0 Å². The third kappa shape index (κ3) is 1.51. The van der Waals surface area contributed by atoms with E-state index < -0.39 is 0 Å².